The van der Waals surface area contributed by atoms with Crippen molar-refractivity contribution in [1.82, 2.24) is 19.5 Å². The molecule has 0 atom stereocenters. The minimum Gasteiger partial charge on any atom is -0.330 e. The summed E-state index contributed by atoms with van der Waals surface area (Å²) in [6, 6.07) is 5.55. The number of imidazole rings is 1. The van der Waals surface area contributed by atoms with Gasteiger partial charge in [0.15, 0.2) is 4.64 Å². The molecule has 4 nitrogen and oxygen atoms in total. The number of H-pyrrole nitrogens is 1. The third-order valence-corrected chi connectivity index (χ3v) is 3.80. The van der Waals surface area contributed by atoms with Gasteiger partial charge in [-0.15, -0.1) is 0 Å². The van der Waals surface area contributed by atoms with Gasteiger partial charge in [-0.05, 0) is 17.7 Å². The fraction of sp³-hybridized carbons (Fsp3) is 0.0833. The first-order valence-corrected chi connectivity index (χ1v) is 6.64. The first-order chi connectivity index (χ1) is 9.15. The van der Waals surface area contributed by atoms with E-state index < -0.39 is 0 Å². The quantitative estimate of drug-likeness (QED) is 0.731. The highest BCUT2D eigenvalue weighted by Gasteiger charge is 2.06. The van der Waals surface area contributed by atoms with Crippen LogP contribution in [0.3, 0.4) is 0 Å². The van der Waals surface area contributed by atoms with Crippen molar-refractivity contribution in [2.45, 2.75) is 6.54 Å². The molecule has 0 aliphatic heterocycles. The number of rotatable bonds is 2. The number of nitrogens with one attached hydrogen (secondary N) is 1. The van der Waals surface area contributed by atoms with E-state index in [1.54, 1.807) is 18.7 Å². The van der Waals surface area contributed by atoms with Gasteiger partial charge >= 0.3 is 0 Å². The van der Waals surface area contributed by atoms with Crippen molar-refractivity contribution in [2.24, 2.45) is 0 Å². The number of nitrogens with zero attached hydrogens (tertiary/aromatic N) is 3. The van der Waals surface area contributed by atoms with Gasteiger partial charge in [0.05, 0.1) is 29.2 Å². The Hall–Kier alpha value is -1.43. The molecule has 1 N–H and O–H groups in total. The Morgan fingerprint density at radius 3 is 2.84 bits per heavy atom. The summed E-state index contributed by atoms with van der Waals surface area (Å²) in [6.07, 6.45) is 3.29. The molecular formula is C12H8Cl2N4S. The van der Waals surface area contributed by atoms with Crippen LogP contribution in [0.4, 0.5) is 0 Å². The summed E-state index contributed by atoms with van der Waals surface area (Å²) in [7, 11) is 0. The fourth-order valence-corrected chi connectivity index (χ4v) is 2.38. The maximum atomic E-state index is 6.01. The number of hydrogen-bond donors (Lipinski definition) is 1. The summed E-state index contributed by atoms with van der Waals surface area (Å²) >= 11 is 17.0. The SMILES string of the molecule is S=c1nc[nH]c2c1ncn2Cc1ccc(Cl)c(Cl)c1. The molecule has 0 aliphatic carbocycles. The van der Waals surface area contributed by atoms with Crippen molar-refractivity contribution in [3.63, 3.8) is 0 Å². The van der Waals surface area contributed by atoms with Crippen molar-refractivity contribution >= 4 is 46.6 Å². The van der Waals surface area contributed by atoms with Gasteiger partial charge in [-0.1, -0.05) is 41.5 Å². The lowest BCUT2D eigenvalue weighted by molar-refractivity contribution is 0.813. The van der Waals surface area contributed by atoms with Crippen molar-refractivity contribution < 1.29 is 0 Å². The molecule has 0 saturated heterocycles. The molecule has 0 fully saturated rings. The standard InChI is InChI=1S/C12H8Cl2N4S/c13-8-2-1-7(3-9(8)14)4-18-6-17-10-11(18)15-5-16-12(10)19/h1-3,5-6H,4H2,(H,15,16,19). The molecule has 2 aromatic heterocycles. The summed E-state index contributed by atoms with van der Waals surface area (Å²) < 4.78 is 2.44. The Morgan fingerprint density at radius 2 is 2.05 bits per heavy atom. The average molecular weight is 311 g/mol. The maximum Gasteiger partial charge on any atom is 0.157 e. The van der Waals surface area contributed by atoms with Crippen molar-refractivity contribution in [3.8, 4) is 0 Å². The van der Waals surface area contributed by atoms with Gasteiger partial charge in [0.2, 0.25) is 0 Å². The molecule has 1 aromatic carbocycles. The summed E-state index contributed by atoms with van der Waals surface area (Å²) in [5, 5.41) is 1.09. The third-order valence-electron chi connectivity index (χ3n) is 2.76. The van der Waals surface area contributed by atoms with Crippen LogP contribution in [-0.2, 0) is 6.54 Å². The molecule has 0 aliphatic rings. The number of halogens is 2. The van der Waals surface area contributed by atoms with E-state index in [0.29, 0.717) is 26.7 Å². The van der Waals surface area contributed by atoms with Crippen LogP contribution in [0.1, 0.15) is 5.56 Å². The van der Waals surface area contributed by atoms with Gasteiger partial charge in [-0.2, -0.15) is 0 Å². The van der Waals surface area contributed by atoms with Gasteiger partial charge in [0.25, 0.3) is 0 Å². The lowest BCUT2D eigenvalue weighted by atomic mass is 10.2. The highest BCUT2D eigenvalue weighted by atomic mass is 35.5. The van der Waals surface area contributed by atoms with Crippen LogP contribution in [-0.4, -0.2) is 19.5 Å². The summed E-state index contributed by atoms with van der Waals surface area (Å²) in [4.78, 5) is 11.3. The van der Waals surface area contributed by atoms with Gasteiger partial charge in [-0.3, -0.25) is 0 Å². The van der Waals surface area contributed by atoms with Crippen LogP contribution in [0, 0.1) is 4.64 Å². The molecule has 3 rings (SSSR count). The molecule has 7 heteroatoms. The van der Waals surface area contributed by atoms with Crippen molar-refractivity contribution in [2.75, 3.05) is 0 Å². The maximum absolute atomic E-state index is 6.01. The molecule has 0 unspecified atom stereocenters. The molecule has 0 bridgehead atoms. The van der Waals surface area contributed by atoms with E-state index in [4.69, 9.17) is 35.4 Å². The second-order valence-electron chi connectivity index (χ2n) is 4.03. The molecular weight excluding hydrogens is 303 g/mol. The number of aromatic amines is 1. The van der Waals surface area contributed by atoms with Crippen LogP contribution in [0.25, 0.3) is 11.2 Å². The predicted molar refractivity (Wildman–Crippen MR) is 78.3 cm³/mol. The number of aromatic nitrogens is 4. The molecule has 2 heterocycles. The van der Waals surface area contributed by atoms with E-state index in [1.807, 2.05) is 16.7 Å². The Morgan fingerprint density at radius 1 is 1.21 bits per heavy atom. The smallest absolute Gasteiger partial charge is 0.157 e. The normalized spacial score (nSPS) is 11.1. The second-order valence-corrected chi connectivity index (χ2v) is 5.23. The molecule has 0 spiro atoms. The van der Waals surface area contributed by atoms with E-state index in [0.717, 1.165) is 11.2 Å². The lowest BCUT2D eigenvalue weighted by Gasteiger charge is -2.05. The third kappa shape index (κ3) is 2.36. The highest BCUT2D eigenvalue weighted by Crippen LogP contribution is 2.23. The van der Waals surface area contributed by atoms with Gasteiger partial charge in [-0.25, -0.2) is 9.97 Å². The van der Waals surface area contributed by atoms with Crippen molar-refractivity contribution in [1.29, 1.82) is 0 Å². The molecule has 0 amide bonds. The van der Waals surface area contributed by atoms with E-state index in [-0.39, 0.29) is 0 Å². The van der Waals surface area contributed by atoms with Crippen LogP contribution < -0.4 is 0 Å². The highest BCUT2D eigenvalue weighted by molar-refractivity contribution is 7.71. The monoisotopic (exact) mass is 310 g/mol. The summed E-state index contributed by atoms with van der Waals surface area (Å²) in [5.41, 5.74) is 2.56. The van der Waals surface area contributed by atoms with Crippen LogP contribution in [0.5, 0.6) is 0 Å². The fourth-order valence-electron chi connectivity index (χ4n) is 1.86. The number of benzene rings is 1. The van der Waals surface area contributed by atoms with E-state index in [1.165, 1.54) is 0 Å². The number of fused-ring (bicyclic) bond motifs is 1. The minimum atomic E-state index is 0.488. The lowest BCUT2D eigenvalue weighted by Crippen LogP contribution is -1.99. The Bertz CT molecular complexity index is 809. The van der Waals surface area contributed by atoms with Crippen molar-refractivity contribution in [3.05, 3.63) is 51.1 Å². The van der Waals surface area contributed by atoms with Crippen LogP contribution >= 0.6 is 35.4 Å². The largest absolute Gasteiger partial charge is 0.330 e. The van der Waals surface area contributed by atoms with Gasteiger partial charge in [0, 0.05) is 0 Å². The van der Waals surface area contributed by atoms with Gasteiger partial charge < -0.3 is 9.55 Å². The Labute approximate surface area is 124 Å². The first-order valence-electron chi connectivity index (χ1n) is 5.47. The van der Waals surface area contributed by atoms with E-state index in [9.17, 15) is 0 Å². The Balaban J connectivity index is 2.04. The number of hydrogen-bond acceptors (Lipinski definition) is 3. The zero-order valence-corrected chi connectivity index (χ0v) is 11.9. The van der Waals surface area contributed by atoms with Gasteiger partial charge in [0.1, 0.15) is 11.2 Å². The van der Waals surface area contributed by atoms with Crippen LogP contribution in [0.15, 0.2) is 30.9 Å². The summed E-state index contributed by atoms with van der Waals surface area (Å²) in [6.45, 7) is 0.628. The Kier molecular flexibility index (Phi) is 3.26. The molecule has 0 saturated carbocycles. The van der Waals surface area contributed by atoms with E-state index >= 15 is 0 Å². The topological polar surface area (TPSA) is 46.5 Å². The zero-order valence-electron chi connectivity index (χ0n) is 9.60. The zero-order chi connectivity index (χ0) is 13.4. The van der Waals surface area contributed by atoms with E-state index in [2.05, 4.69) is 15.0 Å². The second kappa shape index (κ2) is 4.92. The molecule has 19 heavy (non-hydrogen) atoms. The molecule has 3 aromatic rings. The average Bonchev–Trinajstić information content (AvgIpc) is 2.79. The molecule has 0 radical (unpaired) electrons. The minimum absolute atomic E-state index is 0.488. The summed E-state index contributed by atoms with van der Waals surface area (Å²) in [5.74, 6) is 0. The predicted octanol–water partition coefficient (Wildman–Crippen LogP) is 3.84. The van der Waals surface area contributed by atoms with Crippen LogP contribution in [0.2, 0.25) is 10.0 Å². The molecule has 96 valence electrons. The first kappa shape index (κ1) is 12.6.